The molecule has 0 aliphatic carbocycles. The Kier molecular flexibility index (Phi) is 7.39. The standard InChI is InChI=1S/C23H28N4O2/c1-2-26(19-10-4-3-5-11-19)17-9-15-24-22(28)14-8-16-27-18-25-21-13-7-6-12-20(21)23(27)29/h3-7,10-13,18H,2,8-9,14-17H2,1H3,(H,24,28). The van der Waals surface area contributed by atoms with Gasteiger partial charge in [0.05, 0.1) is 17.2 Å². The predicted molar refractivity (Wildman–Crippen MR) is 117 cm³/mol. The number of aromatic nitrogens is 2. The number of nitrogens with zero attached hydrogens (tertiary/aromatic N) is 3. The fourth-order valence-corrected chi connectivity index (χ4v) is 3.37. The molecule has 152 valence electrons. The van der Waals surface area contributed by atoms with E-state index in [9.17, 15) is 9.59 Å². The summed E-state index contributed by atoms with van der Waals surface area (Å²) in [6.07, 6.45) is 3.46. The van der Waals surface area contributed by atoms with Gasteiger partial charge in [-0.2, -0.15) is 0 Å². The SMILES string of the molecule is CCN(CCCNC(=O)CCCn1cnc2ccccc2c1=O)c1ccccc1. The normalized spacial score (nSPS) is 10.8. The van der Waals surface area contributed by atoms with E-state index in [-0.39, 0.29) is 11.5 Å². The van der Waals surface area contributed by atoms with Crippen LogP contribution in [0.4, 0.5) is 5.69 Å². The number of fused-ring (bicyclic) bond motifs is 1. The number of carbonyl (C=O) groups excluding carboxylic acids is 1. The van der Waals surface area contributed by atoms with Crippen molar-refractivity contribution in [2.45, 2.75) is 32.7 Å². The van der Waals surface area contributed by atoms with E-state index in [0.29, 0.717) is 36.8 Å². The highest BCUT2D eigenvalue weighted by Gasteiger charge is 2.06. The minimum Gasteiger partial charge on any atom is -0.372 e. The molecule has 6 heteroatoms. The van der Waals surface area contributed by atoms with E-state index in [1.165, 1.54) is 5.69 Å². The molecule has 2 aromatic carbocycles. The summed E-state index contributed by atoms with van der Waals surface area (Å²) in [6.45, 7) is 5.11. The second-order valence-corrected chi connectivity index (χ2v) is 6.98. The molecule has 0 spiro atoms. The highest BCUT2D eigenvalue weighted by molar-refractivity contribution is 5.77. The van der Waals surface area contributed by atoms with Crippen molar-refractivity contribution in [2.75, 3.05) is 24.5 Å². The molecule has 0 aliphatic rings. The van der Waals surface area contributed by atoms with Gasteiger partial charge in [-0.15, -0.1) is 0 Å². The number of aryl methyl sites for hydroxylation is 1. The Morgan fingerprint density at radius 3 is 2.62 bits per heavy atom. The molecule has 1 aromatic heterocycles. The zero-order chi connectivity index (χ0) is 20.5. The molecule has 0 fully saturated rings. The van der Waals surface area contributed by atoms with Crippen LogP contribution in [0.2, 0.25) is 0 Å². The minimum atomic E-state index is -0.0587. The third-order valence-corrected chi connectivity index (χ3v) is 4.96. The predicted octanol–water partition coefficient (Wildman–Crippen LogP) is 3.21. The van der Waals surface area contributed by atoms with Crippen molar-refractivity contribution < 1.29 is 4.79 Å². The number of rotatable bonds is 10. The van der Waals surface area contributed by atoms with Gasteiger partial charge in [-0.3, -0.25) is 14.2 Å². The smallest absolute Gasteiger partial charge is 0.261 e. The number of carbonyl (C=O) groups is 1. The average molecular weight is 393 g/mol. The zero-order valence-corrected chi connectivity index (χ0v) is 16.9. The zero-order valence-electron chi connectivity index (χ0n) is 16.9. The summed E-state index contributed by atoms with van der Waals surface area (Å²) < 4.78 is 1.58. The van der Waals surface area contributed by atoms with Gasteiger partial charge in [0.2, 0.25) is 5.91 Å². The van der Waals surface area contributed by atoms with Gasteiger partial charge in [-0.1, -0.05) is 30.3 Å². The summed E-state index contributed by atoms with van der Waals surface area (Å²) in [7, 11) is 0. The lowest BCUT2D eigenvalue weighted by Gasteiger charge is -2.23. The highest BCUT2D eigenvalue weighted by atomic mass is 16.1. The molecule has 1 N–H and O–H groups in total. The number of amides is 1. The van der Waals surface area contributed by atoms with E-state index in [1.807, 2.05) is 36.4 Å². The first-order valence-corrected chi connectivity index (χ1v) is 10.2. The average Bonchev–Trinajstić information content (AvgIpc) is 2.76. The van der Waals surface area contributed by atoms with Crippen LogP contribution in [-0.4, -0.2) is 35.1 Å². The van der Waals surface area contributed by atoms with E-state index in [2.05, 4.69) is 34.3 Å². The number of para-hydroxylation sites is 2. The van der Waals surface area contributed by atoms with Gasteiger partial charge in [-0.05, 0) is 44.0 Å². The first-order chi connectivity index (χ1) is 14.2. The first-order valence-electron chi connectivity index (χ1n) is 10.2. The lowest BCUT2D eigenvalue weighted by Crippen LogP contribution is -2.30. The maximum atomic E-state index is 12.4. The van der Waals surface area contributed by atoms with E-state index in [4.69, 9.17) is 0 Å². The van der Waals surface area contributed by atoms with E-state index in [0.717, 1.165) is 19.5 Å². The van der Waals surface area contributed by atoms with Crippen LogP contribution in [0.25, 0.3) is 10.9 Å². The Morgan fingerprint density at radius 1 is 1.07 bits per heavy atom. The molecule has 6 nitrogen and oxygen atoms in total. The molecule has 0 saturated carbocycles. The van der Waals surface area contributed by atoms with Crippen molar-refractivity contribution >= 4 is 22.5 Å². The summed E-state index contributed by atoms with van der Waals surface area (Å²) in [6, 6.07) is 17.6. The molecule has 0 atom stereocenters. The molecular weight excluding hydrogens is 364 g/mol. The number of hydrogen-bond donors (Lipinski definition) is 1. The van der Waals surface area contributed by atoms with E-state index >= 15 is 0 Å². The van der Waals surface area contributed by atoms with Crippen LogP contribution in [0.15, 0.2) is 65.7 Å². The van der Waals surface area contributed by atoms with E-state index < -0.39 is 0 Å². The van der Waals surface area contributed by atoms with Gasteiger partial charge in [0.1, 0.15) is 0 Å². The summed E-state index contributed by atoms with van der Waals surface area (Å²) in [4.78, 5) is 31.1. The molecule has 29 heavy (non-hydrogen) atoms. The lowest BCUT2D eigenvalue weighted by molar-refractivity contribution is -0.121. The number of hydrogen-bond acceptors (Lipinski definition) is 4. The second-order valence-electron chi connectivity index (χ2n) is 6.98. The maximum Gasteiger partial charge on any atom is 0.261 e. The Hall–Kier alpha value is -3.15. The Bertz CT molecular complexity index is 985. The van der Waals surface area contributed by atoms with Crippen LogP contribution >= 0.6 is 0 Å². The molecule has 3 rings (SSSR count). The Balaban J connectivity index is 1.38. The summed E-state index contributed by atoms with van der Waals surface area (Å²) >= 11 is 0. The molecular formula is C23H28N4O2. The number of anilines is 1. The van der Waals surface area contributed by atoms with Gasteiger partial charge in [-0.25, -0.2) is 4.98 Å². The largest absolute Gasteiger partial charge is 0.372 e. The van der Waals surface area contributed by atoms with Crippen molar-refractivity contribution in [3.8, 4) is 0 Å². The third-order valence-electron chi connectivity index (χ3n) is 4.96. The molecule has 3 aromatic rings. The Morgan fingerprint density at radius 2 is 1.83 bits per heavy atom. The first kappa shape index (κ1) is 20.6. The summed E-state index contributed by atoms with van der Waals surface area (Å²) in [5.74, 6) is 0.0227. The van der Waals surface area contributed by atoms with Gasteiger partial charge in [0, 0.05) is 38.3 Å². The molecule has 0 unspecified atom stereocenters. The van der Waals surface area contributed by atoms with Crippen LogP contribution in [0, 0.1) is 0 Å². The Labute approximate surface area is 171 Å². The summed E-state index contributed by atoms with van der Waals surface area (Å²) in [5.41, 5.74) is 1.84. The molecule has 0 radical (unpaired) electrons. The van der Waals surface area contributed by atoms with Gasteiger partial charge >= 0.3 is 0 Å². The van der Waals surface area contributed by atoms with Crippen LogP contribution < -0.4 is 15.8 Å². The van der Waals surface area contributed by atoms with Crippen LogP contribution in [0.3, 0.4) is 0 Å². The van der Waals surface area contributed by atoms with Crippen molar-refractivity contribution in [3.05, 3.63) is 71.3 Å². The van der Waals surface area contributed by atoms with Crippen molar-refractivity contribution in [2.24, 2.45) is 0 Å². The fraction of sp³-hybridized carbons (Fsp3) is 0.348. The maximum absolute atomic E-state index is 12.4. The van der Waals surface area contributed by atoms with Crippen molar-refractivity contribution in [1.82, 2.24) is 14.9 Å². The molecule has 0 bridgehead atoms. The number of benzene rings is 2. The van der Waals surface area contributed by atoms with Crippen molar-refractivity contribution in [1.29, 1.82) is 0 Å². The van der Waals surface area contributed by atoms with Gasteiger partial charge in [0.25, 0.3) is 5.56 Å². The van der Waals surface area contributed by atoms with Crippen molar-refractivity contribution in [3.63, 3.8) is 0 Å². The fourth-order valence-electron chi connectivity index (χ4n) is 3.37. The monoisotopic (exact) mass is 392 g/mol. The van der Waals surface area contributed by atoms with Gasteiger partial charge in [0.15, 0.2) is 0 Å². The van der Waals surface area contributed by atoms with Crippen LogP contribution in [0.5, 0.6) is 0 Å². The number of nitrogens with one attached hydrogen (secondary N) is 1. The second kappa shape index (κ2) is 10.4. The van der Waals surface area contributed by atoms with Crippen LogP contribution in [-0.2, 0) is 11.3 Å². The molecule has 0 saturated heterocycles. The minimum absolute atomic E-state index is 0.0227. The van der Waals surface area contributed by atoms with Gasteiger partial charge < -0.3 is 10.2 Å². The van der Waals surface area contributed by atoms with E-state index in [1.54, 1.807) is 17.0 Å². The van der Waals surface area contributed by atoms with Crippen LogP contribution in [0.1, 0.15) is 26.2 Å². The molecule has 0 aliphatic heterocycles. The molecule has 1 amide bonds. The summed E-state index contributed by atoms with van der Waals surface area (Å²) in [5, 5.41) is 3.59. The highest BCUT2D eigenvalue weighted by Crippen LogP contribution is 2.12. The lowest BCUT2D eigenvalue weighted by atomic mass is 10.2. The molecule has 1 heterocycles. The quantitative estimate of drug-likeness (QED) is 0.538. The third kappa shape index (κ3) is 5.67. The topological polar surface area (TPSA) is 67.2 Å².